The lowest BCUT2D eigenvalue weighted by atomic mass is 10.1. The van der Waals surface area contributed by atoms with Crippen LogP contribution in [0.15, 0.2) is 30.3 Å². The van der Waals surface area contributed by atoms with Crippen LogP contribution < -0.4 is 4.74 Å². The number of benzene rings is 1. The maximum absolute atomic E-state index is 13.6. The summed E-state index contributed by atoms with van der Waals surface area (Å²) >= 11 is 0. The van der Waals surface area contributed by atoms with Crippen LogP contribution in [-0.4, -0.2) is 21.4 Å². The highest BCUT2D eigenvalue weighted by Gasteiger charge is 2.35. The molecule has 1 aromatic carbocycles. The summed E-state index contributed by atoms with van der Waals surface area (Å²) in [5, 5.41) is 4.16. The van der Waals surface area contributed by atoms with E-state index >= 15 is 0 Å². The van der Waals surface area contributed by atoms with Gasteiger partial charge in [-0.2, -0.15) is 27.1 Å². The average Bonchev–Trinajstić information content (AvgIpc) is 2.90. The number of alkyl halides is 5. The van der Waals surface area contributed by atoms with Crippen molar-refractivity contribution in [3.8, 4) is 17.0 Å². The first-order chi connectivity index (χ1) is 12.7. The lowest BCUT2D eigenvalue weighted by molar-refractivity contribution is -0.136. The Kier molecular flexibility index (Phi) is 5.03. The standard InChI is InChI=1S/C18H16F5N3O/c1-3-8-26-16-15(10(2)25-26)13(18(21,22)23)9-14(24-16)11-4-6-12(7-5-11)27-17(19)20/h4-7,9,17H,3,8H2,1-2H3. The van der Waals surface area contributed by atoms with Crippen molar-refractivity contribution >= 4 is 11.0 Å². The molecule has 9 heteroatoms. The molecule has 0 saturated heterocycles. The minimum absolute atomic E-state index is 0.0302. The predicted molar refractivity (Wildman–Crippen MR) is 89.6 cm³/mol. The second kappa shape index (κ2) is 7.13. The summed E-state index contributed by atoms with van der Waals surface area (Å²) in [6.07, 6.45) is -3.90. The molecule has 0 amide bonds. The average molecular weight is 385 g/mol. The Labute approximate surface area is 151 Å². The third kappa shape index (κ3) is 3.86. The number of pyridine rings is 1. The first-order valence-electron chi connectivity index (χ1n) is 8.21. The number of aromatic nitrogens is 3. The lowest BCUT2D eigenvalue weighted by Gasteiger charge is -2.12. The molecule has 0 unspecified atom stereocenters. The summed E-state index contributed by atoms with van der Waals surface area (Å²) < 4.78 is 71.1. The molecule has 0 atom stereocenters. The largest absolute Gasteiger partial charge is 0.435 e. The predicted octanol–water partition coefficient (Wildman–Crippen LogP) is 5.44. The maximum atomic E-state index is 13.6. The molecule has 0 radical (unpaired) electrons. The summed E-state index contributed by atoms with van der Waals surface area (Å²) in [4.78, 5) is 4.36. The van der Waals surface area contributed by atoms with Gasteiger partial charge in [-0.1, -0.05) is 6.92 Å². The summed E-state index contributed by atoms with van der Waals surface area (Å²) in [6.45, 7) is 0.855. The van der Waals surface area contributed by atoms with Crippen LogP contribution in [0.5, 0.6) is 5.75 Å². The molecule has 2 aromatic heterocycles. The van der Waals surface area contributed by atoms with Gasteiger partial charge in [0.1, 0.15) is 5.75 Å². The minimum Gasteiger partial charge on any atom is -0.435 e. The molecule has 0 aliphatic carbocycles. The Morgan fingerprint density at radius 2 is 1.81 bits per heavy atom. The summed E-state index contributed by atoms with van der Waals surface area (Å²) in [7, 11) is 0. The highest BCUT2D eigenvalue weighted by Crippen LogP contribution is 2.38. The number of nitrogens with zero attached hydrogens (tertiary/aromatic N) is 3. The van der Waals surface area contributed by atoms with Crippen molar-refractivity contribution in [1.82, 2.24) is 14.8 Å². The number of aryl methyl sites for hydroxylation is 2. The smallest absolute Gasteiger partial charge is 0.417 e. The van der Waals surface area contributed by atoms with Crippen molar-refractivity contribution in [1.29, 1.82) is 0 Å². The van der Waals surface area contributed by atoms with Crippen LogP contribution in [0, 0.1) is 6.92 Å². The third-order valence-electron chi connectivity index (χ3n) is 3.99. The van der Waals surface area contributed by atoms with E-state index in [0.29, 0.717) is 18.5 Å². The maximum Gasteiger partial charge on any atom is 0.417 e. The minimum atomic E-state index is -4.58. The van der Waals surface area contributed by atoms with E-state index < -0.39 is 18.4 Å². The SMILES string of the molecule is CCCn1nc(C)c2c(C(F)(F)F)cc(-c3ccc(OC(F)F)cc3)nc21. The second-order valence-electron chi connectivity index (χ2n) is 5.96. The molecule has 0 saturated carbocycles. The van der Waals surface area contributed by atoms with Gasteiger partial charge in [0.25, 0.3) is 0 Å². The zero-order valence-electron chi connectivity index (χ0n) is 14.5. The van der Waals surface area contributed by atoms with Crippen molar-refractivity contribution in [3.05, 3.63) is 41.6 Å². The van der Waals surface area contributed by atoms with Gasteiger partial charge >= 0.3 is 12.8 Å². The van der Waals surface area contributed by atoms with E-state index in [2.05, 4.69) is 14.8 Å². The van der Waals surface area contributed by atoms with Crippen molar-refractivity contribution in [2.24, 2.45) is 0 Å². The van der Waals surface area contributed by atoms with Crippen LogP contribution in [0.3, 0.4) is 0 Å². The Morgan fingerprint density at radius 3 is 2.37 bits per heavy atom. The molecule has 27 heavy (non-hydrogen) atoms. The van der Waals surface area contributed by atoms with Crippen molar-refractivity contribution < 1.29 is 26.7 Å². The molecule has 0 spiro atoms. The van der Waals surface area contributed by atoms with Crippen LogP contribution >= 0.6 is 0 Å². The van der Waals surface area contributed by atoms with Crippen LogP contribution in [-0.2, 0) is 12.7 Å². The van der Waals surface area contributed by atoms with Crippen LogP contribution in [0.1, 0.15) is 24.6 Å². The van der Waals surface area contributed by atoms with Gasteiger partial charge in [-0.05, 0) is 43.7 Å². The van der Waals surface area contributed by atoms with Gasteiger partial charge < -0.3 is 4.74 Å². The monoisotopic (exact) mass is 385 g/mol. The molecule has 0 N–H and O–H groups in total. The molecule has 0 aliphatic rings. The molecular weight excluding hydrogens is 369 g/mol. The normalized spacial score (nSPS) is 12.1. The summed E-state index contributed by atoms with van der Waals surface area (Å²) in [5.74, 6) is -0.0854. The van der Waals surface area contributed by atoms with E-state index in [-0.39, 0.29) is 28.2 Å². The van der Waals surface area contributed by atoms with Crippen molar-refractivity contribution in [2.45, 2.75) is 39.6 Å². The van der Waals surface area contributed by atoms with Crippen molar-refractivity contribution in [2.75, 3.05) is 0 Å². The third-order valence-corrected chi connectivity index (χ3v) is 3.99. The Balaban J connectivity index is 2.17. The van der Waals surface area contributed by atoms with E-state index in [1.807, 2.05) is 6.92 Å². The van der Waals surface area contributed by atoms with Gasteiger partial charge in [0.05, 0.1) is 22.3 Å². The lowest BCUT2D eigenvalue weighted by Crippen LogP contribution is -2.08. The summed E-state index contributed by atoms with van der Waals surface area (Å²) in [6, 6.07) is 6.25. The second-order valence-corrected chi connectivity index (χ2v) is 5.96. The molecule has 0 aliphatic heterocycles. The van der Waals surface area contributed by atoms with E-state index in [1.54, 1.807) is 0 Å². The van der Waals surface area contributed by atoms with Crippen molar-refractivity contribution in [3.63, 3.8) is 0 Å². The first kappa shape index (κ1) is 19.1. The van der Waals surface area contributed by atoms with E-state index in [9.17, 15) is 22.0 Å². The van der Waals surface area contributed by atoms with Gasteiger partial charge in [-0.3, -0.25) is 0 Å². The Morgan fingerprint density at radius 1 is 1.15 bits per heavy atom. The van der Waals surface area contributed by atoms with Crippen LogP contribution in [0.4, 0.5) is 22.0 Å². The number of hydrogen-bond donors (Lipinski definition) is 0. The topological polar surface area (TPSA) is 39.9 Å². The van der Waals surface area contributed by atoms with Gasteiger partial charge in [0.15, 0.2) is 5.65 Å². The van der Waals surface area contributed by atoms with Crippen LogP contribution in [0.25, 0.3) is 22.3 Å². The van der Waals surface area contributed by atoms with Gasteiger partial charge in [-0.25, -0.2) is 9.67 Å². The zero-order valence-corrected chi connectivity index (χ0v) is 14.5. The molecule has 3 rings (SSSR count). The fourth-order valence-electron chi connectivity index (χ4n) is 2.90. The Bertz CT molecular complexity index is 948. The molecule has 2 heterocycles. The molecule has 0 fully saturated rings. The number of rotatable bonds is 5. The number of halogens is 5. The Hall–Kier alpha value is -2.71. The van der Waals surface area contributed by atoms with Crippen LogP contribution in [0.2, 0.25) is 0 Å². The zero-order chi connectivity index (χ0) is 19.8. The fourth-order valence-corrected chi connectivity index (χ4v) is 2.90. The fraction of sp³-hybridized carbons (Fsp3) is 0.333. The first-order valence-corrected chi connectivity index (χ1v) is 8.21. The van der Waals surface area contributed by atoms with Gasteiger partial charge in [0, 0.05) is 12.1 Å². The number of ether oxygens (including phenoxy) is 1. The molecule has 0 bridgehead atoms. The molecular formula is C18H16F5N3O. The van der Waals surface area contributed by atoms with Gasteiger partial charge in [0.2, 0.25) is 0 Å². The van der Waals surface area contributed by atoms with Gasteiger partial charge in [-0.15, -0.1) is 0 Å². The quantitative estimate of drug-likeness (QED) is 0.550. The van der Waals surface area contributed by atoms with E-state index in [1.165, 1.54) is 35.9 Å². The summed E-state index contributed by atoms with van der Waals surface area (Å²) in [5.41, 5.74) is 0.00874. The van der Waals surface area contributed by atoms with E-state index in [0.717, 1.165) is 6.07 Å². The highest BCUT2D eigenvalue weighted by atomic mass is 19.4. The highest BCUT2D eigenvalue weighted by molar-refractivity contribution is 5.85. The number of fused-ring (bicyclic) bond motifs is 1. The molecule has 4 nitrogen and oxygen atoms in total. The molecule has 144 valence electrons. The molecule has 3 aromatic rings. The van der Waals surface area contributed by atoms with E-state index in [4.69, 9.17) is 0 Å². The number of hydrogen-bond acceptors (Lipinski definition) is 3.